The van der Waals surface area contributed by atoms with Gasteiger partial charge in [0.1, 0.15) is 0 Å². The Hall–Kier alpha value is -2.04. The molecule has 0 aromatic heterocycles. The fourth-order valence-corrected chi connectivity index (χ4v) is 2.68. The lowest BCUT2D eigenvalue weighted by molar-refractivity contribution is -0.121. The molecule has 22 heavy (non-hydrogen) atoms. The van der Waals surface area contributed by atoms with Crippen LogP contribution in [0.5, 0.6) is 0 Å². The van der Waals surface area contributed by atoms with Crippen molar-refractivity contribution in [2.45, 2.75) is 32.6 Å². The van der Waals surface area contributed by atoms with Crippen LogP contribution < -0.4 is 5.32 Å². The lowest BCUT2D eigenvalue weighted by atomic mass is 9.97. The highest BCUT2D eigenvalue weighted by Crippen LogP contribution is 2.21. The second kappa shape index (κ2) is 7.29. The normalized spacial score (nSPS) is 18.2. The van der Waals surface area contributed by atoms with Gasteiger partial charge in [0.05, 0.1) is 13.0 Å². The molecule has 0 radical (unpaired) electrons. The second-order valence-electron chi connectivity index (χ2n) is 6.02. The number of benzene rings is 1. The molecule has 1 N–H and O–H groups in total. The van der Waals surface area contributed by atoms with Crippen LogP contribution in [0, 0.1) is 5.92 Å². The van der Waals surface area contributed by atoms with Gasteiger partial charge in [0.15, 0.2) is 0 Å². The van der Waals surface area contributed by atoms with Crippen LogP contribution >= 0.6 is 0 Å². The van der Waals surface area contributed by atoms with Crippen molar-refractivity contribution < 1.29 is 14.3 Å². The summed E-state index contributed by atoms with van der Waals surface area (Å²) in [5.41, 5.74) is 2.04. The quantitative estimate of drug-likeness (QED) is 0.932. The topological polar surface area (TPSA) is 58.6 Å². The molecule has 2 rings (SSSR count). The molecule has 5 heteroatoms. The Kier molecular flexibility index (Phi) is 5.41. The van der Waals surface area contributed by atoms with E-state index < -0.39 is 0 Å². The van der Waals surface area contributed by atoms with Gasteiger partial charge < -0.3 is 15.0 Å². The van der Waals surface area contributed by atoms with Crippen LogP contribution in [-0.2, 0) is 9.53 Å². The van der Waals surface area contributed by atoms with E-state index in [0.717, 1.165) is 18.5 Å². The summed E-state index contributed by atoms with van der Waals surface area (Å²) in [7, 11) is 1.36. The molecule has 120 valence electrons. The molecule has 5 nitrogen and oxygen atoms in total. The number of anilines is 1. The first-order chi connectivity index (χ1) is 10.5. The Bertz CT molecular complexity index is 525. The summed E-state index contributed by atoms with van der Waals surface area (Å²) in [5, 5.41) is 2.94. The van der Waals surface area contributed by atoms with Crippen molar-refractivity contribution in [3.8, 4) is 0 Å². The van der Waals surface area contributed by atoms with Crippen LogP contribution in [0.15, 0.2) is 24.3 Å². The molecule has 0 aliphatic carbocycles. The van der Waals surface area contributed by atoms with Gasteiger partial charge in [-0.1, -0.05) is 26.0 Å². The molecule has 1 atom stereocenters. The fraction of sp³-hybridized carbons (Fsp3) is 0.529. The van der Waals surface area contributed by atoms with Crippen LogP contribution in [0.1, 0.15) is 38.2 Å². The number of methoxy groups -OCH3 is 1. The molecule has 2 amide bonds. The summed E-state index contributed by atoms with van der Waals surface area (Å²) in [6.45, 7) is 5.34. The van der Waals surface area contributed by atoms with Crippen molar-refractivity contribution in [2.75, 3.05) is 25.5 Å². The van der Waals surface area contributed by atoms with Gasteiger partial charge in [-0.15, -0.1) is 0 Å². The zero-order chi connectivity index (χ0) is 16.1. The van der Waals surface area contributed by atoms with Crippen LogP contribution in [0.2, 0.25) is 0 Å². The van der Waals surface area contributed by atoms with Gasteiger partial charge in [-0.25, -0.2) is 4.79 Å². The molecular weight excluding hydrogens is 280 g/mol. The minimum absolute atomic E-state index is 0.0362. The summed E-state index contributed by atoms with van der Waals surface area (Å²) in [4.78, 5) is 25.5. The average molecular weight is 304 g/mol. The van der Waals surface area contributed by atoms with Gasteiger partial charge in [-0.2, -0.15) is 0 Å². The first kappa shape index (κ1) is 16.3. The zero-order valence-electron chi connectivity index (χ0n) is 13.5. The average Bonchev–Trinajstić information content (AvgIpc) is 2.54. The molecule has 0 spiro atoms. The van der Waals surface area contributed by atoms with Crippen LogP contribution in [-0.4, -0.2) is 37.1 Å². The number of amides is 2. The molecular formula is C17H24N2O3. The number of carbonyl (C=O) groups is 2. The second-order valence-corrected chi connectivity index (χ2v) is 6.02. The van der Waals surface area contributed by atoms with E-state index in [4.69, 9.17) is 4.74 Å². The predicted molar refractivity (Wildman–Crippen MR) is 85.9 cm³/mol. The van der Waals surface area contributed by atoms with Crippen molar-refractivity contribution in [3.05, 3.63) is 29.8 Å². The Morgan fingerprint density at radius 2 is 1.95 bits per heavy atom. The largest absolute Gasteiger partial charge is 0.453 e. The Morgan fingerprint density at radius 1 is 1.27 bits per heavy atom. The number of ether oxygens (including phenoxy) is 1. The molecule has 1 aromatic rings. The Balaban J connectivity index is 1.95. The van der Waals surface area contributed by atoms with E-state index >= 15 is 0 Å². The number of hydrogen-bond acceptors (Lipinski definition) is 3. The third-order valence-corrected chi connectivity index (χ3v) is 4.07. The summed E-state index contributed by atoms with van der Waals surface area (Å²) < 4.78 is 4.73. The first-order valence-corrected chi connectivity index (χ1v) is 7.75. The van der Waals surface area contributed by atoms with Gasteiger partial charge >= 0.3 is 6.09 Å². The van der Waals surface area contributed by atoms with Gasteiger partial charge in [0.2, 0.25) is 5.91 Å². The van der Waals surface area contributed by atoms with Crippen LogP contribution in [0.4, 0.5) is 10.5 Å². The van der Waals surface area contributed by atoms with Gasteiger partial charge in [-0.3, -0.25) is 4.79 Å². The molecule has 1 aliphatic rings. The standard InChI is InChI=1S/C17H24N2O3/c1-12(2)13-6-8-15(9-7-13)18-16(20)14-5-4-10-19(11-14)17(21)22-3/h6-9,12,14H,4-5,10-11H2,1-3H3,(H,18,20). The number of piperidine rings is 1. The third kappa shape index (κ3) is 4.00. The molecule has 1 unspecified atom stereocenters. The third-order valence-electron chi connectivity index (χ3n) is 4.07. The first-order valence-electron chi connectivity index (χ1n) is 7.75. The van der Waals surface area contributed by atoms with E-state index in [1.54, 1.807) is 4.90 Å². The minimum atomic E-state index is -0.362. The number of nitrogens with zero attached hydrogens (tertiary/aromatic N) is 1. The van der Waals surface area contributed by atoms with Gasteiger partial charge in [0, 0.05) is 18.8 Å². The lowest BCUT2D eigenvalue weighted by Crippen LogP contribution is -2.43. The van der Waals surface area contributed by atoms with Gasteiger partial charge in [0.25, 0.3) is 0 Å². The highest BCUT2D eigenvalue weighted by molar-refractivity contribution is 5.93. The zero-order valence-corrected chi connectivity index (χ0v) is 13.5. The van der Waals surface area contributed by atoms with Crippen LogP contribution in [0.3, 0.4) is 0 Å². The molecule has 1 fully saturated rings. The van der Waals surface area contributed by atoms with Crippen LogP contribution in [0.25, 0.3) is 0 Å². The highest BCUT2D eigenvalue weighted by atomic mass is 16.5. The minimum Gasteiger partial charge on any atom is -0.453 e. The summed E-state index contributed by atoms with van der Waals surface area (Å²) in [6, 6.07) is 7.91. The van der Waals surface area contributed by atoms with E-state index in [0.29, 0.717) is 19.0 Å². The molecule has 0 bridgehead atoms. The van der Waals surface area contributed by atoms with E-state index in [9.17, 15) is 9.59 Å². The predicted octanol–water partition coefficient (Wildman–Crippen LogP) is 3.23. The molecule has 1 aliphatic heterocycles. The van der Waals surface area contributed by atoms with E-state index in [-0.39, 0.29) is 17.9 Å². The number of hydrogen-bond donors (Lipinski definition) is 1. The van der Waals surface area contributed by atoms with Crippen molar-refractivity contribution in [1.82, 2.24) is 4.90 Å². The highest BCUT2D eigenvalue weighted by Gasteiger charge is 2.28. The molecule has 0 saturated carbocycles. The maximum atomic E-state index is 12.4. The van der Waals surface area contributed by atoms with E-state index in [1.165, 1.54) is 12.7 Å². The summed E-state index contributed by atoms with van der Waals surface area (Å²) in [5.74, 6) is 0.250. The number of likely N-dealkylation sites (tertiary alicyclic amines) is 1. The number of rotatable bonds is 3. The van der Waals surface area contributed by atoms with Gasteiger partial charge in [-0.05, 0) is 36.5 Å². The number of nitrogens with one attached hydrogen (secondary N) is 1. The van der Waals surface area contributed by atoms with Crippen molar-refractivity contribution in [3.63, 3.8) is 0 Å². The lowest BCUT2D eigenvalue weighted by Gasteiger charge is -2.30. The van der Waals surface area contributed by atoms with E-state index in [2.05, 4.69) is 19.2 Å². The number of carbonyl (C=O) groups excluding carboxylic acids is 2. The summed E-state index contributed by atoms with van der Waals surface area (Å²) >= 11 is 0. The molecule has 1 heterocycles. The maximum absolute atomic E-state index is 12.4. The Labute approximate surface area is 131 Å². The maximum Gasteiger partial charge on any atom is 0.409 e. The SMILES string of the molecule is COC(=O)N1CCCC(C(=O)Nc2ccc(C(C)C)cc2)C1. The summed E-state index contributed by atoms with van der Waals surface area (Å²) in [6.07, 6.45) is 1.25. The fourth-order valence-electron chi connectivity index (χ4n) is 2.68. The van der Waals surface area contributed by atoms with E-state index in [1.807, 2.05) is 24.3 Å². The molecule has 1 aromatic carbocycles. The Morgan fingerprint density at radius 3 is 2.55 bits per heavy atom. The smallest absolute Gasteiger partial charge is 0.409 e. The molecule has 1 saturated heterocycles. The van der Waals surface area contributed by atoms with Crippen molar-refractivity contribution >= 4 is 17.7 Å². The van der Waals surface area contributed by atoms with Crippen molar-refractivity contribution in [2.24, 2.45) is 5.92 Å². The monoisotopic (exact) mass is 304 g/mol. The van der Waals surface area contributed by atoms with Crippen molar-refractivity contribution in [1.29, 1.82) is 0 Å².